The Balaban J connectivity index is 1.72. The first kappa shape index (κ1) is 20.7. The van der Waals surface area contributed by atoms with E-state index in [2.05, 4.69) is 9.30 Å². The minimum atomic E-state index is -0.607. The van der Waals surface area contributed by atoms with Crippen LogP contribution in [0.4, 0.5) is 9.18 Å². The molecule has 1 saturated heterocycles. The van der Waals surface area contributed by atoms with Gasteiger partial charge < -0.3 is 9.64 Å². The first-order valence-corrected chi connectivity index (χ1v) is 11.1. The Morgan fingerprint density at radius 1 is 1.13 bits per heavy atom. The lowest BCUT2D eigenvalue weighted by Crippen LogP contribution is -2.56. The van der Waals surface area contributed by atoms with Gasteiger partial charge in [-0.2, -0.15) is 0 Å². The topological polar surface area (TPSA) is 45.1 Å². The second kappa shape index (κ2) is 8.30. The Labute approximate surface area is 181 Å². The highest BCUT2D eigenvalue weighted by Gasteiger charge is 2.40. The van der Waals surface area contributed by atoms with Gasteiger partial charge >= 0.3 is 6.09 Å². The van der Waals surface area contributed by atoms with Crippen molar-refractivity contribution in [2.75, 3.05) is 25.4 Å². The van der Waals surface area contributed by atoms with E-state index in [-0.39, 0.29) is 5.82 Å². The second-order valence-electron chi connectivity index (χ2n) is 8.45. The summed E-state index contributed by atoms with van der Waals surface area (Å²) in [6, 6.07) is 14.2. The number of halogens is 1. The Kier molecular flexibility index (Phi) is 5.73. The van der Waals surface area contributed by atoms with Gasteiger partial charge in [-0.1, -0.05) is 42.5 Å². The van der Waals surface area contributed by atoms with E-state index in [0.717, 1.165) is 23.7 Å². The van der Waals surface area contributed by atoms with Gasteiger partial charge in [0.05, 0.1) is 0 Å². The third-order valence-corrected chi connectivity index (χ3v) is 5.80. The number of hydrogen-bond acceptors (Lipinski definition) is 5. The van der Waals surface area contributed by atoms with Crippen LogP contribution in [0.3, 0.4) is 0 Å². The molecule has 158 valence electrons. The molecule has 0 bridgehead atoms. The number of piperazine rings is 1. The molecule has 1 fully saturated rings. The van der Waals surface area contributed by atoms with E-state index in [9.17, 15) is 4.79 Å². The number of hydrogen-bond donors (Lipinski definition) is 0. The van der Waals surface area contributed by atoms with Gasteiger partial charge in [-0.3, -0.25) is 4.90 Å². The highest BCUT2D eigenvalue weighted by molar-refractivity contribution is 7.98. The molecule has 1 atom stereocenters. The van der Waals surface area contributed by atoms with Crippen LogP contribution >= 0.6 is 11.9 Å². The molecule has 0 N–H and O–H groups in total. The van der Waals surface area contributed by atoms with E-state index < -0.39 is 17.7 Å². The number of carbonyl (C=O) groups is 1. The third-order valence-electron chi connectivity index (χ3n) is 5.12. The zero-order valence-electron chi connectivity index (χ0n) is 17.5. The summed E-state index contributed by atoms with van der Waals surface area (Å²) in [5.41, 5.74) is 1.45. The fraction of sp³-hybridized carbons (Fsp3) is 0.391. The molecule has 0 spiro atoms. The lowest BCUT2D eigenvalue weighted by atomic mass is 9.97. The fourth-order valence-corrected chi connectivity index (χ4v) is 4.52. The predicted octanol–water partition coefficient (Wildman–Crippen LogP) is 5.15. The van der Waals surface area contributed by atoms with Crippen molar-refractivity contribution in [3.05, 3.63) is 59.9 Å². The quantitative estimate of drug-likeness (QED) is 0.622. The van der Waals surface area contributed by atoms with Gasteiger partial charge in [0, 0.05) is 31.0 Å². The highest BCUT2D eigenvalue weighted by atomic mass is 32.2. The molecular formula is C23H26FN3O2S. The van der Waals surface area contributed by atoms with Crippen LogP contribution < -0.4 is 0 Å². The summed E-state index contributed by atoms with van der Waals surface area (Å²) >= 11 is 1.48. The summed E-state index contributed by atoms with van der Waals surface area (Å²) in [5.74, 6) is 1.38. The predicted molar refractivity (Wildman–Crippen MR) is 119 cm³/mol. The van der Waals surface area contributed by atoms with Crippen molar-refractivity contribution < 1.29 is 13.9 Å². The number of amidine groups is 1. The SMILES string of the molecule is CC(C)(C)OC(=O)N1CCN2CCSN=C2C1c1ccc(-c2ccccc2)c(F)c1. The number of ether oxygens (including phenoxy) is 1. The van der Waals surface area contributed by atoms with Crippen molar-refractivity contribution in [2.45, 2.75) is 32.4 Å². The number of rotatable bonds is 2. The van der Waals surface area contributed by atoms with Gasteiger partial charge in [0.2, 0.25) is 0 Å². The van der Waals surface area contributed by atoms with Crippen molar-refractivity contribution in [1.82, 2.24) is 9.80 Å². The molecule has 0 saturated carbocycles. The molecule has 1 amide bonds. The summed E-state index contributed by atoms with van der Waals surface area (Å²) in [6.45, 7) is 7.60. The normalized spacial score (nSPS) is 19.2. The molecule has 30 heavy (non-hydrogen) atoms. The number of nitrogens with zero attached hydrogens (tertiary/aromatic N) is 3. The molecule has 4 rings (SSSR count). The van der Waals surface area contributed by atoms with Gasteiger partial charge in [0.15, 0.2) is 0 Å². The van der Waals surface area contributed by atoms with Crippen molar-refractivity contribution in [3.8, 4) is 11.1 Å². The Bertz CT molecular complexity index is 959. The molecule has 1 unspecified atom stereocenters. The minimum Gasteiger partial charge on any atom is -0.444 e. The third kappa shape index (κ3) is 4.31. The minimum absolute atomic E-state index is 0.316. The summed E-state index contributed by atoms with van der Waals surface area (Å²) in [6.07, 6.45) is -0.405. The molecule has 2 heterocycles. The van der Waals surface area contributed by atoms with E-state index in [4.69, 9.17) is 4.74 Å². The van der Waals surface area contributed by atoms with Crippen LogP contribution in [-0.2, 0) is 4.74 Å². The van der Waals surface area contributed by atoms with Gasteiger partial charge in [-0.05, 0) is 49.9 Å². The van der Waals surface area contributed by atoms with Crippen molar-refractivity contribution in [1.29, 1.82) is 0 Å². The molecule has 2 aliphatic heterocycles. The Morgan fingerprint density at radius 2 is 1.90 bits per heavy atom. The average Bonchev–Trinajstić information content (AvgIpc) is 2.72. The van der Waals surface area contributed by atoms with Crippen LogP contribution in [0.5, 0.6) is 0 Å². The van der Waals surface area contributed by atoms with Gasteiger partial charge in [0.1, 0.15) is 23.3 Å². The van der Waals surface area contributed by atoms with Crippen LogP contribution in [0.2, 0.25) is 0 Å². The smallest absolute Gasteiger partial charge is 0.411 e. The Hall–Kier alpha value is -2.54. The van der Waals surface area contributed by atoms with E-state index >= 15 is 4.39 Å². The maximum Gasteiger partial charge on any atom is 0.411 e. The summed E-state index contributed by atoms with van der Waals surface area (Å²) < 4.78 is 25.4. The Morgan fingerprint density at radius 3 is 2.60 bits per heavy atom. The summed E-state index contributed by atoms with van der Waals surface area (Å²) in [7, 11) is 0. The number of carbonyl (C=O) groups excluding carboxylic acids is 1. The standard InChI is InChI=1S/C23H26FN3O2S/c1-23(2,3)29-22(28)27-12-11-26-13-14-30-25-21(26)20(27)17-9-10-18(19(24)15-17)16-7-5-4-6-8-16/h4-10,15,20H,11-14H2,1-3H3. The first-order chi connectivity index (χ1) is 14.3. The van der Waals surface area contributed by atoms with Crippen LogP contribution in [0.25, 0.3) is 11.1 Å². The van der Waals surface area contributed by atoms with Crippen molar-refractivity contribution >= 4 is 23.9 Å². The molecule has 2 aliphatic rings. The first-order valence-electron chi connectivity index (χ1n) is 10.1. The number of amides is 1. The van der Waals surface area contributed by atoms with Crippen LogP contribution in [0.1, 0.15) is 32.4 Å². The van der Waals surface area contributed by atoms with Gasteiger partial charge in [0.25, 0.3) is 0 Å². The fourth-order valence-electron chi connectivity index (χ4n) is 3.78. The van der Waals surface area contributed by atoms with Crippen LogP contribution in [0.15, 0.2) is 52.9 Å². The summed E-state index contributed by atoms with van der Waals surface area (Å²) in [4.78, 5) is 16.8. The summed E-state index contributed by atoms with van der Waals surface area (Å²) in [5, 5.41) is 0. The lowest BCUT2D eigenvalue weighted by Gasteiger charge is -2.44. The van der Waals surface area contributed by atoms with Gasteiger partial charge in [-0.25, -0.2) is 13.6 Å². The zero-order chi connectivity index (χ0) is 21.3. The maximum absolute atomic E-state index is 15.1. The highest BCUT2D eigenvalue weighted by Crippen LogP contribution is 2.34. The molecule has 0 radical (unpaired) electrons. The van der Waals surface area contributed by atoms with Crippen molar-refractivity contribution in [2.24, 2.45) is 4.40 Å². The maximum atomic E-state index is 15.1. The van der Waals surface area contributed by atoms with Gasteiger partial charge in [-0.15, -0.1) is 0 Å². The monoisotopic (exact) mass is 427 g/mol. The van der Waals surface area contributed by atoms with Crippen LogP contribution in [0, 0.1) is 5.82 Å². The average molecular weight is 428 g/mol. The van der Waals surface area contributed by atoms with Crippen LogP contribution in [-0.4, -0.2) is 52.7 Å². The van der Waals surface area contributed by atoms with E-state index in [1.54, 1.807) is 11.0 Å². The van der Waals surface area contributed by atoms with E-state index in [1.807, 2.05) is 57.2 Å². The zero-order valence-corrected chi connectivity index (χ0v) is 18.3. The lowest BCUT2D eigenvalue weighted by molar-refractivity contribution is 0.0158. The van der Waals surface area contributed by atoms with E-state index in [1.165, 1.54) is 18.0 Å². The number of fused-ring (bicyclic) bond motifs is 1. The molecule has 0 aliphatic carbocycles. The molecule has 2 aromatic carbocycles. The van der Waals surface area contributed by atoms with E-state index in [0.29, 0.717) is 24.2 Å². The molecule has 5 nitrogen and oxygen atoms in total. The molecule has 2 aromatic rings. The number of benzene rings is 2. The molecule has 0 aromatic heterocycles. The molecule has 7 heteroatoms. The molecular weight excluding hydrogens is 401 g/mol. The largest absolute Gasteiger partial charge is 0.444 e. The van der Waals surface area contributed by atoms with Crippen molar-refractivity contribution in [3.63, 3.8) is 0 Å². The second-order valence-corrected chi connectivity index (χ2v) is 9.30.